The molecule has 4 rings (SSSR count). The number of para-hydroxylation sites is 1. The lowest BCUT2D eigenvalue weighted by atomic mass is 10.1. The first-order valence-electron chi connectivity index (χ1n) is 6.33. The fourth-order valence-corrected chi connectivity index (χ4v) is 2.41. The van der Waals surface area contributed by atoms with Crippen LogP contribution in [0, 0.1) is 0 Å². The van der Waals surface area contributed by atoms with Crippen LogP contribution in [0.5, 0.6) is 11.5 Å². The molecular weight excluding hydrogens is 254 g/mol. The number of ketones is 1. The molecule has 2 aromatic rings. The Morgan fingerprint density at radius 3 is 2.80 bits per heavy atom. The van der Waals surface area contributed by atoms with Gasteiger partial charge in [0.25, 0.3) is 0 Å². The predicted molar refractivity (Wildman–Crippen MR) is 74.9 cm³/mol. The van der Waals surface area contributed by atoms with Crippen molar-refractivity contribution in [3.05, 3.63) is 59.3 Å². The van der Waals surface area contributed by atoms with Crippen LogP contribution in [0.4, 0.5) is 5.69 Å². The van der Waals surface area contributed by atoms with Gasteiger partial charge in [-0.1, -0.05) is 18.2 Å². The summed E-state index contributed by atoms with van der Waals surface area (Å²) in [6, 6.07) is 13.1. The van der Waals surface area contributed by atoms with Crippen molar-refractivity contribution in [2.24, 2.45) is 0 Å². The summed E-state index contributed by atoms with van der Waals surface area (Å²) in [7, 11) is 0. The number of anilines is 1. The Bertz CT molecular complexity index is 749. The Hall–Kier alpha value is -2.75. The lowest BCUT2D eigenvalue weighted by molar-refractivity contribution is 0.104. The zero-order valence-electron chi connectivity index (χ0n) is 10.6. The average Bonchev–Trinajstić information content (AvgIpc) is 3.05. The molecule has 0 aliphatic carbocycles. The zero-order chi connectivity index (χ0) is 13.5. The topological polar surface area (TPSA) is 47.6 Å². The number of ether oxygens (including phenoxy) is 2. The molecule has 20 heavy (non-hydrogen) atoms. The second-order valence-electron chi connectivity index (χ2n) is 4.67. The summed E-state index contributed by atoms with van der Waals surface area (Å²) >= 11 is 0. The molecule has 0 spiro atoms. The highest BCUT2D eigenvalue weighted by Crippen LogP contribution is 2.34. The van der Waals surface area contributed by atoms with E-state index in [9.17, 15) is 4.79 Å². The zero-order valence-corrected chi connectivity index (χ0v) is 10.6. The van der Waals surface area contributed by atoms with Crippen molar-refractivity contribution in [2.45, 2.75) is 0 Å². The molecule has 2 heterocycles. The summed E-state index contributed by atoms with van der Waals surface area (Å²) in [5, 5.41) is 3.14. The quantitative estimate of drug-likeness (QED) is 0.805. The number of carbonyl (C=O) groups excluding carboxylic acids is 1. The van der Waals surface area contributed by atoms with Crippen LogP contribution in [0.15, 0.2) is 48.2 Å². The molecule has 2 aliphatic rings. The third kappa shape index (κ3) is 1.66. The number of allylic oxidation sites excluding steroid dienone is 1. The molecule has 2 aromatic carbocycles. The van der Waals surface area contributed by atoms with Gasteiger partial charge >= 0.3 is 0 Å². The molecule has 1 N–H and O–H groups in total. The minimum absolute atomic E-state index is 0.0123. The molecule has 0 fully saturated rings. The van der Waals surface area contributed by atoms with E-state index in [-0.39, 0.29) is 12.6 Å². The molecule has 2 aliphatic heterocycles. The summed E-state index contributed by atoms with van der Waals surface area (Å²) < 4.78 is 10.6. The Labute approximate surface area is 115 Å². The Morgan fingerprint density at radius 2 is 1.90 bits per heavy atom. The molecule has 4 heteroatoms. The van der Waals surface area contributed by atoms with Gasteiger partial charge in [-0.25, -0.2) is 0 Å². The van der Waals surface area contributed by atoms with Gasteiger partial charge in [-0.05, 0) is 35.9 Å². The van der Waals surface area contributed by atoms with Crippen LogP contribution in [0.2, 0.25) is 0 Å². The van der Waals surface area contributed by atoms with Gasteiger partial charge in [0.15, 0.2) is 11.5 Å². The molecule has 0 bridgehead atoms. The highest BCUT2D eigenvalue weighted by Gasteiger charge is 2.23. The maximum absolute atomic E-state index is 12.2. The summed E-state index contributed by atoms with van der Waals surface area (Å²) in [6.45, 7) is 0.248. The maximum Gasteiger partial charge on any atom is 0.231 e. The summed E-state index contributed by atoms with van der Waals surface area (Å²) in [5.41, 5.74) is 3.03. The first kappa shape index (κ1) is 11.1. The van der Waals surface area contributed by atoms with E-state index >= 15 is 0 Å². The third-order valence-electron chi connectivity index (χ3n) is 3.39. The second-order valence-corrected chi connectivity index (χ2v) is 4.67. The van der Waals surface area contributed by atoms with Crippen LogP contribution in [0.3, 0.4) is 0 Å². The van der Waals surface area contributed by atoms with E-state index < -0.39 is 0 Å². The number of rotatable bonds is 1. The Kier molecular flexibility index (Phi) is 2.29. The lowest BCUT2D eigenvalue weighted by Gasteiger charge is -2.00. The number of hydrogen-bond donors (Lipinski definition) is 1. The standard InChI is InChI=1S/C16H11NO3/c18-16-11-3-1-2-4-12(11)17-13(16)7-10-5-6-14-15(8-10)20-9-19-14/h1-8,17H,9H2. The molecule has 0 amide bonds. The number of Topliss-reactive ketones (excluding diaryl/α,β-unsaturated/α-hetero) is 1. The van der Waals surface area contributed by atoms with Gasteiger partial charge in [0, 0.05) is 11.3 Å². The van der Waals surface area contributed by atoms with Gasteiger partial charge in [-0.15, -0.1) is 0 Å². The van der Waals surface area contributed by atoms with Crippen LogP contribution in [-0.2, 0) is 0 Å². The molecule has 4 nitrogen and oxygen atoms in total. The molecule has 0 unspecified atom stereocenters. The maximum atomic E-state index is 12.2. The number of fused-ring (bicyclic) bond motifs is 2. The molecular formula is C16H11NO3. The molecule has 0 radical (unpaired) electrons. The minimum atomic E-state index is 0.0123. The highest BCUT2D eigenvalue weighted by molar-refractivity contribution is 6.20. The monoisotopic (exact) mass is 265 g/mol. The summed E-state index contributed by atoms with van der Waals surface area (Å²) in [4.78, 5) is 12.2. The number of hydrogen-bond acceptors (Lipinski definition) is 4. The molecule has 0 saturated heterocycles. The highest BCUT2D eigenvalue weighted by atomic mass is 16.7. The van der Waals surface area contributed by atoms with E-state index in [1.165, 1.54) is 0 Å². The van der Waals surface area contributed by atoms with Crippen molar-refractivity contribution < 1.29 is 14.3 Å². The van der Waals surface area contributed by atoms with Crippen LogP contribution < -0.4 is 14.8 Å². The number of nitrogens with one attached hydrogen (secondary N) is 1. The molecule has 0 saturated carbocycles. The van der Waals surface area contributed by atoms with Crippen LogP contribution >= 0.6 is 0 Å². The third-order valence-corrected chi connectivity index (χ3v) is 3.39. The van der Waals surface area contributed by atoms with E-state index in [1.807, 2.05) is 48.5 Å². The molecule has 0 aromatic heterocycles. The van der Waals surface area contributed by atoms with Gasteiger partial charge in [-0.3, -0.25) is 4.79 Å². The van der Waals surface area contributed by atoms with E-state index in [4.69, 9.17) is 9.47 Å². The fourth-order valence-electron chi connectivity index (χ4n) is 2.41. The van der Waals surface area contributed by atoms with Crippen molar-refractivity contribution in [3.8, 4) is 11.5 Å². The SMILES string of the molecule is O=C1C(=Cc2ccc3c(c2)OCO3)Nc2ccccc21. The first-order chi connectivity index (χ1) is 9.81. The van der Waals surface area contributed by atoms with Crippen molar-refractivity contribution in [2.75, 3.05) is 12.1 Å². The predicted octanol–water partition coefficient (Wildman–Crippen LogP) is 3.06. The van der Waals surface area contributed by atoms with Crippen molar-refractivity contribution in [1.82, 2.24) is 0 Å². The summed E-state index contributed by atoms with van der Waals surface area (Å²) in [5.74, 6) is 1.46. The normalized spacial score (nSPS) is 17.2. The molecule has 0 atom stereocenters. The number of carbonyl (C=O) groups is 1. The van der Waals surface area contributed by atoms with Gasteiger partial charge in [0.2, 0.25) is 12.6 Å². The van der Waals surface area contributed by atoms with E-state index in [2.05, 4.69) is 5.32 Å². The lowest BCUT2D eigenvalue weighted by Crippen LogP contribution is -1.99. The fraction of sp³-hybridized carbons (Fsp3) is 0.0625. The van der Waals surface area contributed by atoms with Crippen LogP contribution in [0.25, 0.3) is 6.08 Å². The largest absolute Gasteiger partial charge is 0.454 e. The van der Waals surface area contributed by atoms with Crippen molar-refractivity contribution >= 4 is 17.5 Å². The van der Waals surface area contributed by atoms with Crippen molar-refractivity contribution in [1.29, 1.82) is 0 Å². The average molecular weight is 265 g/mol. The van der Waals surface area contributed by atoms with E-state index in [1.54, 1.807) is 0 Å². The first-order valence-corrected chi connectivity index (χ1v) is 6.33. The van der Waals surface area contributed by atoms with Gasteiger partial charge in [0.05, 0.1) is 5.70 Å². The number of benzene rings is 2. The minimum Gasteiger partial charge on any atom is -0.454 e. The van der Waals surface area contributed by atoms with E-state index in [0.29, 0.717) is 17.0 Å². The van der Waals surface area contributed by atoms with Gasteiger partial charge in [0.1, 0.15) is 0 Å². The van der Waals surface area contributed by atoms with Crippen LogP contribution in [-0.4, -0.2) is 12.6 Å². The van der Waals surface area contributed by atoms with E-state index in [0.717, 1.165) is 17.0 Å². The Morgan fingerprint density at radius 1 is 1.05 bits per heavy atom. The van der Waals surface area contributed by atoms with Crippen LogP contribution in [0.1, 0.15) is 15.9 Å². The van der Waals surface area contributed by atoms with Gasteiger partial charge in [-0.2, -0.15) is 0 Å². The van der Waals surface area contributed by atoms with Crippen molar-refractivity contribution in [3.63, 3.8) is 0 Å². The smallest absolute Gasteiger partial charge is 0.231 e. The summed E-state index contributed by atoms with van der Waals surface area (Å²) in [6.07, 6.45) is 1.82. The van der Waals surface area contributed by atoms with Gasteiger partial charge < -0.3 is 14.8 Å². The Balaban J connectivity index is 1.71. The molecule has 98 valence electrons. The second kappa shape index (κ2) is 4.13.